The van der Waals surface area contributed by atoms with Crippen LogP contribution in [-0.4, -0.2) is 87.5 Å². The number of amides is 1. The van der Waals surface area contributed by atoms with E-state index in [2.05, 4.69) is 19.2 Å². The van der Waals surface area contributed by atoms with Crippen molar-refractivity contribution in [2.24, 2.45) is 0 Å². The van der Waals surface area contributed by atoms with Gasteiger partial charge in [0.1, 0.15) is 24.4 Å². The van der Waals surface area contributed by atoms with E-state index in [0.29, 0.717) is 6.42 Å². The smallest absolute Gasteiger partial charge is 0.220 e. The van der Waals surface area contributed by atoms with Gasteiger partial charge in [0.05, 0.1) is 25.4 Å². The first-order valence-corrected chi connectivity index (χ1v) is 22.4. The highest BCUT2D eigenvalue weighted by molar-refractivity contribution is 5.76. The Morgan fingerprint density at radius 3 is 1.47 bits per heavy atom. The van der Waals surface area contributed by atoms with Crippen LogP contribution in [0.25, 0.3) is 0 Å². The molecule has 1 rings (SSSR count). The first-order chi connectivity index (χ1) is 25.8. The summed E-state index contributed by atoms with van der Waals surface area (Å²) in [4.78, 5) is 12.9. The largest absolute Gasteiger partial charge is 0.394 e. The van der Waals surface area contributed by atoms with Gasteiger partial charge in [0.2, 0.25) is 5.91 Å². The Balaban J connectivity index is 2.37. The number of carbonyl (C=O) groups excluding carboxylic acids is 1. The van der Waals surface area contributed by atoms with Crippen molar-refractivity contribution in [2.75, 3.05) is 13.2 Å². The van der Waals surface area contributed by atoms with Gasteiger partial charge in [-0.2, -0.15) is 0 Å². The lowest BCUT2D eigenvalue weighted by Crippen LogP contribution is -2.60. The van der Waals surface area contributed by atoms with Crippen LogP contribution in [0.2, 0.25) is 0 Å². The average Bonchev–Trinajstić information content (AvgIpc) is 3.16. The van der Waals surface area contributed by atoms with Crippen molar-refractivity contribution in [3.8, 4) is 0 Å². The fraction of sp³-hybridized carbons (Fsp3) is 0.932. The van der Waals surface area contributed by atoms with Gasteiger partial charge in [-0.05, 0) is 19.3 Å². The molecule has 1 aliphatic heterocycles. The molecule has 1 amide bonds. The minimum atomic E-state index is -1.56. The van der Waals surface area contributed by atoms with Crippen molar-refractivity contribution < 1.29 is 39.8 Å². The Labute approximate surface area is 325 Å². The molecule has 0 saturated carbocycles. The molecule has 0 aromatic rings. The number of aliphatic hydroxyl groups excluding tert-OH is 5. The minimum Gasteiger partial charge on any atom is -0.394 e. The zero-order valence-corrected chi connectivity index (χ0v) is 34.3. The Hall–Kier alpha value is -1.07. The molecule has 1 heterocycles. The standard InChI is InChI=1S/C44H85NO8/c1-3-5-7-9-11-13-15-17-19-20-21-23-25-27-29-31-33-38(47)37(36-52-44-43(51)42(50)41(49)39(35-46)53-44)45-40(48)34-32-30-28-26-24-22-18-16-14-12-10-8-6-4-2/h31,33,37-39,41-44,46-47,49-51H,3-30,32,34-36H2,1-2H3,(H,45,48)/b33-31+/t37-,38+,39+,41-,42?,43?,44+/m0/s1. The maximum absolute atomic E-state index is 12.9. The van der Waals surface area contributed by atoms with E-state index in [0.717, 1.165) is 38.5 Å². The normalized spacial score (nSPS) is 21.7. The molecule has 0 aromatic carbocycles. The number of unbranched alkanes of at least 4 members (excludes halogenated alkanes) is 27. The molecule has 0 aromatic heterocycles. The molecule has 314 valence electrons. The quantitative estimate of drug-likeness (QED) is 0.0272. The number of allylic oxidation sites excluding steroid dienone is 1. The molecule has 53 heavy (non-hydrogen) atoms. The highest BCUT2D eigenvalue weighted by Crippen LogP contribution is 2.23. The second-order valence-electron chi connectivity index (χ2n) is 15.9. The summed E-state index contributed by atoms with van der Waals surface area (Å²) in [6.45, 7) is 3.78. The second kappa shape index (κ2) is 35.4. The van der Waals surface area contributed by atoms with E-state index < -0.39 is 49.5 Å². The summed E-state index contributed by atoms with van der Waals surface area (Å²) >= 11 is 0. The zero-order chi connectivity index (χ0) is 38.8. The van der Waals surface area contributed by atoms with Crippen molar-refractivity contribution in [3.63, 3.8) is 0 Å². The summed E-state index contributed by atoms with van der Waals surface area (Å²) < 4.78 is 11.2. The van der Waals surface area contributed by atoms with Crippen molar-refractivity contribution in [2.45, 2.75) is 249 Å². The summed E-state index contributed by atoms with van der Waals surface area (Å²) in [5.74, 6) is -0.175. The molecule has 0 radical (unpaired) electrons. The van der Waals surface area contributed by atoms with Crippen LogP contribution in [-0.2, 0) is 14.3 Å². The molecule has 6 N–H and O–H groups in total. The van der Waals surface area contributed by atoms with Crippen molar-refractivity contribution in [3.05, 3.63) is 12.2 Å². The van der Waals surface area contributed by atoms with Crippen LogP contribution in [0, 0.1) is 0 Å². The number of rotatable bonds is 37. The molecule has 7 atom stereocenters. The topological polar surface area (TPSA) is 149 Å². The van der Waals surface area contributed by atoms with E-state index in [-0.39, 0.29) is 12.5 Å². The van der Waals surface area contributed by atoms with Crippen LogP contribution in [0.15, 0.2) is 12.2 Å². The molecule has 9 heteroatoms. The van der Waals surface area contributed by atoms with Gasteiger partial charge in [0.15, 0.2) is 6.29 Å². The third-order valence-corrected chi connectivity index (χ3v) is 10.9. The van der Waals surface area contributed by atoms with Gasteiger partial charge in [-0.25, -0.2) is 0 Å². The monoisotopic (exact) mass is 756 g/mol. The Morgan fingerprint density at radius 1 is 0.623 bits per heavy atom. The summed E-state index contributed by atoms with van der Waals surface area (Å²) in [6.07, 6.45) is 32.5. The van der Waals surface area contributed by atoms with E-state index in [9.17, 15) is 30.3 Å². The molecular formula is C44H85NO8. The van der Waals surface area contributed by atoms with Crippen LogP contribution < -0.4 is 5.32 Å². The number of hydrogen-bond donors (Lipinski definition) is 6. The molecule has 1 aliphatic rings. The number of hydrogen-bond acceptors (Lipinski definition) is 8. The van der Waals surface area contributed by atoms with Crippen molar-refractivity contribution in [1.29, 1.82) is 0 Å². The molecule has 2 unspecified atom stereocenters. The Morgan fingerprint density at radius 2 is 1.04 bits per heavy atom. The maximum atomic E-state index is 12.9. The van der Waals surface area contributed by atoms with Crippen LogP contribution >= 0.6 is 0 Å². The first kappa shape index (κ1) is 49.9. The molecule has 0 aliphatic carbocycles. The molecule has 9 nitrogen and oxygen atoms in total. The summed E-state index contributed by atoms with van der Waals surface area (Å²) in [5.41, 5.74) is 0. The summed E-state index contributed by atoms with van der Waals surface area (Å²) in [7, 11) is 0. The Bertz CT molecular complexity index is 842. The number of nitrogens with one attached hydrogen (secondary N) is 1. The van der Waals surface area contributed by atoms with Gasteiger partial charge in [0.25, 0.3) is 0 Å². The Kier molecular flexibility index (Phi) is 33.3. The van der Waals surface area contributed by atoms with Crippen LogP contribution in [0.3, 0.4) is 0 Å². The maximum Gasteiger partial charge on any atom is 0.220 e. The summed E-state index contributed by atoms with van der Waals surface area (Å²) in [5, 5.41) is 54.1. The van der Waals surface area contributed by atoms with Gasteiger partial charge in [-0.1, -0.05) is 193 Å². The van der Waals surface area contributed by atoms with Gasteiger partial charge in [0, 0.05) is 6.42 Å². The summed E-state index contributed by atoms with van der Waals surface area (Å²) in [6, 6.07) is -0.797. The van der Waals surface area contributed by atoms with E-state index in [1.165, 1.54) is 148 Å². The van der Waals surface area contributed by atoms with Gasteiger partial charge in [-0.3, -0.25) is 4.79 Å². The SMILES string of the molecule is CCCCCCCCCCCCCCCC/C=C/[C@@H](O)[C@H](CO[C@@H]1O[C@H](CO)[C@H](O)C(O)C1O)NC(=O)CCCCCCCCCCCCCCCC. The highest BCUT2D eigenvalue weighted by Gasteiger charge is 2.44. The van der Waals surface area contributed by atoms with Crippen LogP contribution in [0.1, 0.15) is 206 Å². The fourth-order valence-corrected chi connectivity index (χ4v) is 7.21. The van der Waals surface area contributed by atoms with Gasteiger partial charge < -0.3 is 40.3 Å². The lowest BCUT2D eigenvalue weighted by Gasteiger charge is -2.40. The van der Waals surface area contributed by atoms with Gasteiger partial charge in [-0.15, -0.1) is 0 Å². The predicted octanol–water partition coefficient (Wildman–Crippen LogP) is 8.95. The van der Waals surface area contributed by atoms with Crippen LogP contribution in [0.4, 0.5) is 0 Å². The third kappa shape index (κ3) is 26.4. The number of aliphatic hydroxyl groups is 5. The second-order valence-corrected chi connectivity index (χ2v) is 15.9. The van der Waals surface area contributed by atoms with E-state index >= 15 is 0 Å². The molecule has 0 bridgehead atoms. The van der Waals surface area contributed by atoms with Crippen molar-refractivity contribution in [1.82, 2.24) is 5.32 Å². The molecular weight excluding hydrogens is 670 g/mol. The van der Waals surface area contributed by atoms with E-state index in [1.54, 1.807) is 6.08 Å². The third-order valence-electron chi connectivity index (χ3n) is 10.9. The lowest BCUT2D eigenvalue weighted by molar-refractivity contribution is -0.302. The predicted molar refractivity (Wildman–Crippen MR) is 217 cm³/mol. The lowest BCUT2D eigenvalue weighted by atomic mass is 9.99. The van der Waals surface area contributed by atoms with Gasteiger partial charge >= 0.3 is 0 Å². The minimum absolute atomic E-state index is 0.175. The fourth-order valence-electron chi connectivity index (χ4n) is 7.21. The number of carbonyl (C=O) groups is 1. The zero-order valence-electron chi connectivity index (χ0n) is 34.3. The van der Waals surface area contributed by atoms with Crippen molar-refractivity contribution >= 4 is 5.91 Å². The first-order valence-electron chi connectivity index (χ1n) is 22.4. The average molecular weight is 756 g/mol. The van der Waals surface area contributed by atoms with E-state index in [1.807, 2.05) is 6.08 Å². The van der Waals surface area contributed by atoms with E-state index in [4.69, 9.17) is 9.47 Å². The highest BCUT2D eigenvalue weighted by atomic mass is 16.7. The molecule has 1 saturated heterocycles. The number of ether oxygens (including phenoxy) is 2. The molecule has 0 spiro atoms. The van der Waals surface area contributed by atoms with Crippen LogP contribution in [0.5, 0.6) is 0 Å². The molecule has 1 fully saturated rings.